The van der Waals surface area contributed by atoms with E-state index in [9.17, 15) is 4.79 Å². The van der Waals surface area contributed by atoms with Gasteiger partial charge in [-0.25, -0.2) is 0 Å². The van der Waals surface area contributed by atoms with Gasteiger partial charge in [0, 0.05) is 11.8 Å². The number of nitrogens with zero attached hydrogens (tertiary/aromatic N) is 1. The minimum atomic E-state index is 0. The first-order valence-corrected chi connectivity index (χ1v) is 6.04. The molecule has 0 saturated carbocycles. The number of hydrogen-bond acceptors (Lipinski definition) is 4. The predicted molar refractivity (Wildman–Crippen MR) is 76.0 cm³/mol. The molecule has 0 saturated heterocycles. The molecule has 0 aliphatic carbocycles. The summed E-state index contributed by atoms with van der Waals surface area (Å²) in [6.07, 6.45) is 1.95. The number of benzene rings is 1. The molecule has 0 unspecified atom stereocenters. The molecule has 17 heavy (non-hydrogen) atoms. The number of thioether (sulfide) groups is 1. The average molecular weight is 316 g/mol. The average Bonchev–Trinajstić information content (AvgIpc) is 2.82. The summed E-state index contributed by atoms with van der Waals surface area (Å²) in [6.45, 7) is 0.440. The summed E-state index contributed by atoms with van der Waals surface area (Å²) in [7, 11) is 1.61. The highest BCUT2D eigenvalue weighted by molar-refractivity contribution is 8.93. The molecule has 0 spiro atoms. The molecule has 1 aromatic rings. The number of rotatable bonds is 4. The fourth-order valence-electron chi connectivity index (χ4n) is 1.46. The van der Waals surface area contributed by atoms with E-state index < -0.39 is 0 Å². The summed E-state index contributed by atoms with van der Waals surface area (Å²) >= 11 is 1.70. The Balaban J connectivity index is 0.00000144. The van der Waals surface area contributed by atoms with E-state index in [1.807, 2.05) is 28.6 Å². The van der Waals surface area contributed by atoms with Gasteiger partial charge >= 0.3 is 0 Å². The van der Waals surface area contributed by atoms with Gasteiger partial charge < -0.3 is 9.64 Å². The summed E-state index contributed by atoms with van der Waals surface area (Å²) in [5.41, 5.74) is 0.728. The second kappa shape index (κ2) is 6.71. The summed E-state index contributed by atoms with van der Waals surface area (Å²) < 4.78 is 5.05. The minimum absolute atomic E-state index is 0. The monoisotopic (exact) mass is 315 g/mol. The van der Waals surface area contributed by atoms with Crippen molar-refractivity contribution in [3.05, 3.63) is 41.4 Å². The lowest BCUT2D eigenvalue weighted by atomic mass is 10.1. The first-order chi connectivity index (χ1) is 7.79. The topological polar surface area (TPSA) is 29.5 Å². The molecule has 0 fully saturated rings. The lowest BCUT2D eigenvalue weighted by molar-refractivity contribution is 0.0963. The van der Waals surface area contributed by atoms with Gasteiger partial charge in [-0.3, -0.25) is 4.79 Å². The van der Waals surface area contributed by atoms with Gasteiger partial charge in [-0.1, -0.05) is 0 Å². The fourth-order valence-corrected chi connectivity index (χ4v) is 2.18. The molecule has 1 aliphatic rings. The number of halogens is 1. The SMILES string of the molecule is Br.COc1ccc(C(=O)CN2C=CSC2)cc1. The van der Waals surface area contributed by atoms with Gasteiger partial charge in [-0.2, -0.15) is 0 Å². The predicted octanol–water partition coefficient (Wildman–Crippen LogP) is 2.93. The smallest absolute Gasteiger partial charge is 0.182 e. The first kappa shape index (κ1) is 14.1. The second-order valence-corrected chi connectivity index (χ2v) is 4.34. The van der Waals surface area contributed by atoms with Crippen molar-refractivity contribution in [1.82, 2.24) is 4.90 Å². The van der Waals surface area contributed by atoms with Gasteiger partial charge in [0.1, 0.15) is 5.75 Å². The third-order valence-corrected chi connectivity index (χ3v) is 3.16. The number of carbonyl (C=O) groups excluding carboxylic acids is 1. The Bertz CT molecular complexity index is 405. The molecule has 5 heteroatoms. The number of ether oxygens (including phenoxy) is 1. The van der Waals surface area contributed by atoms with Crippen LogP contribution >= 0.6 is 28.7 Å². The van der Waals surface area contributed by atoms with Gasteiger partial charge in [-0.15, -0.1) is 28.7 Å². The van der Waals surface area contributed by atoms with Crippen LogP contribution in [0.2, 0.25) is 0 Å². The Morgan fingerprint density at radius 2 is 2.12 bits per heavy atom. The minimum Gasteiger partial charge on any atom is -0.497 e. The van der Waals surface area contributed by atoms with Crippen molar-refractivity contribution < 1.29 is 9.53 Å². The maximum Gasteiger partial charge on any atom is 0.182 e. The third kappa shape index (κ3) is 3.78. The van der Waals surface area contributed by atoms with Crippen LogP contribution in [-0.2, 0) is 0 Å². The Kier molecular flexibility index (Phi) is 5.58. The van der Waals surface area contributed by atoms with Crippen LogP contribution in [0.5, 0.6) is 5.75 Å². The lowest BCUT2D eigenvalue weighted by Gasteiger charge is -2.13. The van der Waals surface area contributed by atoms with Crippen molar-refractivity contribution in [1.29, 1.82) is 0 Å². The van der Waals surface area contributed by atoms with Crippen LogP contribution in [-0.4, -0.2) is 30.2 Å². The lowest BCUT2D eigenvalue weighted by Crippen LogP contribution is -2.22. The number of hydrogen-bond donors (Lipinski definition) is 0. The summed E-state index contributed by atoms with van der Waals surface area (Å²) in [5, 5.41) is 2.00. The van der Waals surface area contributed by atoms with Crippen LogP contribution in [0.25, 0.3) is 0 Å². The Morgan fingerprint density at radius 3 is 2.65 bits per heavy atom. The van der Waals surface area contributed by atoms with Crippen LogP contribution in [0, 0.1) is 0 Å². The zero-order chi connectivity index (χ0) is 11.4. The van der Waals surface area contributed by atoms with E-state index in [1.165, 1.54) is 0 Å². The Labute approximate surface area is 116 Å². The number of methoxy groups -OCH3 is 1. The van der Waals surface area contributed by atoms with Crippen molar-refractivity contribution in [3.63, 3.8) is 0 Å². The molecule has 1 aromatic carbocycles. The molecule has 0 radical (unpaired) electrons. The van der Waals surface area contributed by atoms with Gasteiger partial charge in [0.25, 0.3) is 0 Å². The van der Waals surface area contributed by atoms with Gasteiger partial charge in [0.05, 0.1) is 19.5 Å². The molecule has 0 bridgehead atoms. The molecule has 3 nitrogen and oxygen atoms in total. The van der Waals surface area contributed by atoms with Crippen molar-refractivity contribution in [2.24, 2.45) is 0 Å². The van der Waals surface area contributed by atoms with E-state index in [0.29, 0.717) is 6.54 Å². The van der Waals surface area contributed by atoms with E-state index in [1.54, 1.807) is 31.0 Å². The van der Waals surface area contributed by atoms with E-state index in [4.69, 9.17) is 4.74 Å². The van der Waals surface area contributed by atoms with Crippen LogP contribution in [0.4, 0.5) is 0 Å². The molecule has 92 valence electrons. The van der Waals surface area contributed by atoms with Crippen molar-refractivity contribution in [3.8, 4) is 5.75 Å². The quantitative estimate of drug-likeness (QED) is 0.799. The molecule has 0 N–H and O–H groups in total. The van der Waals surface area contributed by atoms with Crippen LogP contribution < -0.4 is 4.74 Å². The van der Waals surface area contributed by atoms with Crippen molar-refractivity contribution >= 4 is 34.5 Å². The number of carbonyl (C=O) groups is 1. The molecular formula is C12H14BrNO2S. The van der Waals surface area contributed by atoms with Crippen molar-refractivity contribution in [2.45, 2.75) is 0 Å². The van der Waals surface area contributed by atoms with E-state index in [0.717, 1.165) is 17.2 Å². The van der Waals surface area contributed by atoms with E-state index in [2.05, 4.69) is 0 Å². The third-order valence-electron chi connectivity index (χ3n) is 2.37. The number of ketones is 1. The molecule has 2 rings (SSSR count). The van der Waals surface area contributed by atoms with Crippen LogP contribution in [0.1, 0.15) is 10.4 Å². The summed E-state index contributed by atoms with van der Waals surface area (Å²) in [4.78, 5) is 13.9. The number of Topliss-reactive ketones (excluding diaryl/α,β-unsaturated/α-hetero) is 1. The van der Waals surface area contributed by atoms with Crippen LogP contribution in [0.15, 0.2) is 35.9 Å². The highest BCUT2D eigenvalue weighted by Crippen LogP contribution is 2.16. The van der Waals surface area contributed by atoms with E-state index in [-0.39, 0.29) is 22.8 Å². The normalized spacial score (nSPS) is 13.4. The maximum atomic E-state index is 11.9. The maximum absolute atomic E-state index is 11.9. The van der Waals surface area contributed by atoms with Gasteiger partial charge in [-0.05, 0) is 29.7 Å². The highest BCUT2D eigenvalue weighted by atomic mass is 79.9. The zero-order valence-electron chi connectivity index (χ0n) is 9.46. The first-order valence-electron chi connectivity index (χ1n) is 4.99. The zero-order valence-corrected chi connectivity index (χ0v) is 12.0. The molecule has 0 atom stereocenters. The summed E-state index contributed by atoms with van der Waals surface area (Å²) in [6, 6.07) is 7.21. The molecule has 0 aromatic heterocycles. The molecular weight excluding hydrogens is 302 g/mol. The fraction of sp³-hybridized carbons (Fsp3) is 0.250. The Hall–Kier alpha value is -0.940. The van der Waals surface area contributed by atoms with E-state index >= 15 is 0 Å². The highest BCUT2D eigenvalue weighted by Gasteiger charge is 2.11. The molecule has 1 heterocycles. The van der Waals surface area contributed by atoms with Gasteiger partial charge in [0.2, 0.25) is 0 Å². The largest absolute Gasteiger partial charge is 0.497 e. The standard InChI is InChI=1S/C12H13NO2S.BrH/c1-15-11-4-2-10(3-5-11)12(14)8-13-6-7-16-9-13;/h2-7H,8-9H2,1H3;1H. The molecule has 1 aliphatic heterocycles. The molecule has 0 amide bonds. The van der Waals surface area contributed by atoms with Gasteiger partial charge in [0.15, 0.2) is 5.78 Å². The Morgan fingerprint density at radius 1 is 1.41 bits per heavy atom. The van der Waals surface area contributed by atoms with Crippen LogP contribution in [0.3, 0.4) is 0 Å². The summed E-state index contributed by atoms with van der Waals surface area (Å²) in [5.74, 6) is 1.77. The van der Waals surface area contributed by atoms with Crippen molar-refractivity contribution in [2.75, 3.05) is 19.5 Å². The second-order valence-electron chi connectivity index (χ2n) is 3.48.